The highest BCUT2D eigenvalue weighted by molar-refractivity contribution is 6.30. The first-order valence-corrected chi connectivity index (χ1v) is 9.35. The number of hydrogen-bond acceptors (Lipinski definition) is 2. The molecule has 0 spiro atoms. The van der Waals surface area contributed by atoms with Gasteiger partial charge in [0.05, 0.1) is 0 Å². The number of nitrogens with one attached hydrogen (secondary N) is 1. The molecule has 0 unspecified atom stereocenters. The zero-order chi connectivity index (χ0) is 20.8. The van der Waals surface area contributed by atoms with Gasteiger partial charge in [-0.15, -0.1) is 0 Å². The smallest absolute Gasteiger partial charge is 0.266 e. The number of nitriles is 1. The minimum atomic E-state index is -0.505. The second-order valence-electron chi connectivity index (χ2n) is 6.64. The van der Waals surface area contributed by atoms with Crippen LogP contribution < -0.4 is 5.32 Å². The second kappa shape index (κ2) is 9.18. The van der Waals surface area contributed by atoms with Gasteiger partial charge >= 0.3 is 0 Å². The number of aryl methyl sites for hydroxylation is 1. The van der Waals surface area contributed by atoms with Crippen molar-refractivity contribution in [3.8, 4) is 6.07 Å². The molecule has 0 saturated heterocycles. The number of rotatable bonds is 5. The summed E-state index contributed by atoms with van der Waals surface area (Å²) in [6.45, 7) is 1.92. The lowest BCUT2D eigenvalue weighted by Crippen LogP contribution is -2.13. The van der Waals surface area contributed by atoms with Gasteiger partial charge in [0.1, 0.15) is 17.5 Å². The van der Waals surface area contributed by atoms with Gasteiger partial charge in [-0.05, 0) is 78.1 Å². The third kappa shape index (κ3) is 5.54. The molecule has 0 radical (unpaired) electrons. The first-order chi connectivity index (χ1) is 13.9. The Morgan fingerprint density at radius 2 is 1.93 bits per heavy atom. The van der Waals surface area contributed by atoms with Gasteiger partial charge in [0.2, 0.25) is 0 Å². The van der Waals surface area contributed by atoms with Gasteiger partial charge in [-0.3, -0.25) is 4.79 Å². The highest BCUT2D eigenvalue weighted by Crippen LogP contribution is 2.23. The molecule has 0 saturated carbocycles. The first kappa shape index (κ1) is 20.3. The zero-order valence-corrected chi connectivity index (χ0v) is 16.5. The number of hydrogen-bond donors (Lipinski definition) is 1. The number of nitrogens with zero attached hydrogens (tertiary/aromatic N) is 1. The normalized spacial score (nSPS) is 11.0. The van der Waals surface area contributed by atoms with E-state index in [2.05, 4.69) is 5.32 Å². The van der Waals surface area contributed by atoms with E-state index in [0.717, 1.165) is 16.7 Å². The van der Waals surface area contributed by atoms with Gasteiger partial charge in [-0.2, -0.15) is 5.26 Å². The van der Waals surface area contributed by atoms with E-state index in [1.165, 1.54) is 18.2 Å². The molecule has 0 bridgehead atoms. The average Bonchev–Trinajstić information content (AvgIpc) is 2.68. The first-order valence-electron chi connectivity index (χ1n) is 8.97. The summed E-state index contributed by atoms with van der Waals surface area (Å²) >= 11 is 6.13. The Hall–Kier alpha value is -3.42. The monoisotopic (exact) mass is 404 g/mol. The molecule has 3 nitrogen and oxygen atoms in total. The average molecular weight is 405 g/mol. The Morgan fingerprint density at radius 3 is 2.66 bits per heavy atom. The van der Waals surface area contributed by atoms with Crippen LogP contribution in [-0.4, -0.2) is 5.91 Å². The number of halogens is 2. The molecule has 29 heavy (non-hydrogen) atoms. The number of carbonyl (C=O) groups excluding carboxylic acids is 1. The Labute approximate surface area is 174 Å². The zero-order valence-electron chi connectivity index (χ0n) is 15.7. The summed E-state index contributed by atoms with van der Waals surface area (Å²) in [5.74, 6) is -0.821. The predicted octanol–water partition coefficient (Wildman–Crippen LogP) is 5.92. The van der Waals surface area contributed by atoms with E-state index in [0.29, 0.717) is 22.7 Å². The minimum absolute atomic E-state index is 0.0470. The number of carbonyl (C=O) groups is 1. The van der Waals surface area contributed by atoms with Gasteiger partial charge in [0.25, 0.3) is 5.91 Å². The highest BCUT2D eigenvalue weighted by Gasteiger charge is 2.12. The SMILES string of the molecule is Cc1cccc(NC(=O)/C(C#N)=C/c2cc(Cl)ccc2Cc2cccc(F)c2)c1. The molecule has 1 amide bonds. The number of amides is 1. The second-order valence-corrected chi connectivity index (χ2v) is 7.08. The molecule has 0 fully saturated rings. The summed E-state index contributed by atoms with van der Waals surface area (Å²) in [4.78, 5) is 12.6. The fourth-order valence-corrected chi connectivity index (χ4v) is 3.13. The van der Waals surface area contributed by atoms with E-state index in [-0.39, 0.29) is 11.4 Å². The molecule has 3 aromatic rings. The summed E-state index contributed by atoms with van der Waals surface area (Å²) in [6, 6.07) is 20.8. The van der Waals surface area contributed by atoms with Crippen molar-refractivity contribution in [3.63, 3.8) is 0 Å². The van der Waals surface area contributed by atoms with E-state index >= 15 is 0 Å². The summed E-state index contributed by atoms with van der Waals surface area (Å²) in [5, 5.41) is 12.7. The molecule has 0 atom stereocenters. The number of anilines is 1. The maximum Gasteiger partial charge on any atom is 0.266 e. The molecular weight excluding hydrogens is 387 g/mol. The van der Waals surface area contributed by atoms with Crippen molar-refractivity contribution in [1.29, 1.82) is 5.26 Å². The fourth-order valence-electron chi connectivity index (χ4n) is 2.95. The van der Waals surface area contributed by atoms with Crippen molar-refractivity contribution in [1.82, 2.24) is 0 Å². The van der Waals surface area contributed by atoms with E-state index in [4.69, 9.17) is 11.6 Å². The quantitative estimate of drug-likeness (QED) is 0.423. The third-order valence-electron chi connectivity index (χ3n) is 4.33. The maximum atomic E-state index is 13.5. The highest BCUT2D eigenvalue weighted by atomic mass is 35.5. The van der Waals surface area contributed by atoms with Gasteiger partial charge in [-0.1, -0.05) is 41.9 Å². The number of benzene rings is 3. The molecule has 3 aromatic carbocycles. The maximum absolute atomic E-state index is 13.5. The van der Waals surface area contributed by atoms with Gasteiger partial charge in [-0.25, -0.2) is 4.39 Å². The van der Waals surface area contributed by atoms with E-state index in [9.17, 15) is 14.4 Å². The van der Waals surface area contributed by atoms with Crippen LogP contribution in [0.2, 0.25) is 5.02 Å². The lowest BCUT2D eigenvalue weighted by molar-refractivity contribution is -0.112. The molecule has 0 heterocycles. The van der Waals surface area contributed by atoms with Gasteiger partial charge in [0.15, 0.2) is 0 Å². The van der Waals surface area contributed by atoms with Crippen LogP contribution in [0.1, 0.15) is 22.3 Å². The Bertz CT molecular complexity index is 1130. The Morgan fingerprint density at radius 1 is 1.14 bits per heavy atom. The van der Waals surface area contributed by atoms with Crippen LogP contribution in [0.5, 0.6) is 0 Å². The molecule has 0 aliphatic rings. The van der Waals surface area contributed by atoms with Crippen LogP contribution in [0.15, 0.2) is 72.3 Å². The molecule has 0 aliphatic carbocycles. The van der Waals surface area contributed by atoms with E-state index < -0.39 is 5.91 Å². The topological polar surface area (TPSA) is 52.9 Å². The van der Waals surface area contributed by atoms with E-state index in [1.807, 2.05) is 43.3 Å². The summed E-state index contributed by atoms with van der Waals surface area (Å²) in [5.41, 5.74) is 3.81. The van der Waals surface area contributed by atoms with Crippen LogP contribution in [-0.2, 0) is 11.2 Å². The summed E-state index contributed by atoms with van der Waals surface area (Å²) in [6.07, 6.45) is 1.95. The molecule has 0 aliphatic heterocycles. The lowest BCUT2D eigenvalue weighted by Gasteiger charge is -2.09. The summed E-state index contributed by atoms with van der Waals surface area (Å²) in [7, 11) is 0. The van der Waals surface area contributed by atoms with Crippen molar-refractivity contribution in [3.05, 3.63) is 105 Å². The van der Waals surface area contributed by atoms with Crippen LogP contribution in [0.25, 0.3) is 6.08 Å². The van der Waals surface area contributed by atoms with Crippen molar-refractivity contribution >= 4 is 29.3 Å². The largest absolute Gasteiger partial charge is 0.321 e. The van der Waals surface area contributed by atoms with Crippen molar-refractivity contribution in [2.45, 2.75) is 13.3 Å². The standard InChI is InChI=1S/C24H18ClFN2O/c1-16-4-2-7-23(10-16)28-24(29)20(15-27)13-19-14-21(25)9-8-18(19)11-17-5-3-6-22(26)12-17/h2-10,12-14H,11H2,1H3,(H,28,29)/b20-13+. The Balaban J connectivity index is 1.91. The van der Waals surface area contributed by atoms with Crippen molar-refractivity contribution in [2.24, 2.45) is 0 Å². The minimum Gasteiger partial charge on any atom is -0.321 e. The van der Waals surface area contributed by atoms with Gasteiger partial charge in [0, 0.05) is 10.7 Å². The van der Waals surface area contributed by atoms with Crippen LogP contribution in [0, 0.1) is 24.1 Å². The summed E-state index contributed by atoms with van der Waals surface area (Å²) < 4.78 is 13.5. The van der Waals surface area contributed by atoms with Crippen molar-refractivity contribution in [2.75, 3.05) is 5.32 Å². The third-order valence-corrected chi connectivity index (χ3v) is 4.57. The molecule has 144 valence electrons. The van der Waals surface area contributed by atoms with Crippen molar-refractivity contribution < 1.29 is 9.18 Å². The fraction of sp³-hybridized carbons (Fsp3) is 0.0833. The van der Waals surface area contributed by atoms with E-state index in [1.54, 1.807) is 24.3 Å². The van der Waals surface area contributed by atoms with Crippen LogP contribution >= 0.6 is 11.6 Å². The van der Waals surface area contributed by atoms with Crippen LogP contribution in [0.3, 0.4) is 0 Å². The molecular formula is C24H18ClFN2O. The molecule has 5 heteroatoms. The molecule has 3 rings (SSSR count). The molecule has 1 N–H and O–H groups in total. The predicted molar refractivity (Wildman–Crippen MR) is 114 cm³/mol. The van der Waals surface area contributed by atoms with Crippen LogP contribution in [0.4, 0.5) is 10.1 Å². The lowest BCUT2D eigenvalue weighted by atomic mass is 9.98. The Kier molecular flexibility index (Phi) is 6.43. The van der Waals surface area contributed by atoms with Gasteiger partial charge < -0.3 is 5.32 Å². The molecule has 0 aromatic heterocycles.